The molecule has 0 radical (unpaired) electrons. The third kappa shape index (κ3) is 4.34. The smallest absolute Gasteiger partial charge is 0.0850 e. The fourth-order valence-electron chi connectivity index (χ4n) is 4.14. The molecule has 1 atom stereocenters. The Labute approximate surface area is 158 Å². The number of nitrogens with zero attached hydrogens (tertiary/aromatic N) is 2. The van der Waals surface area contributed by atoms with Crippen molar-refractivity contribution in [2.45, 2.75) is 43.9 Å². The number of benzene rings is 2. The summed E-state index contributed by atoms with van der Waals surface area (Å²) in [5.74, 6) is 0.532. The molecule has 1 saturated carbocycles. The van der Waals surface area contributed by atoms with Gasteiger partial charge in [-0.2, -0.15) is 5.26 Å². The lowest BCUT2D eigenvalue weighted by Crippen LogP contribution is -2.39. The van der Waals surface area contributed by atoms with E-state index in [-0.39, 0.29) is 5.41 Å². The molecule has 0 amide bonds. The van der Waals surface area contributed by atoms with Crippen LogP contribution in [0.2, 0.25) is 0 Å². The average molecular weight is 347 g/mol. The predicted molar refractivity (Wildman–Crippen MR) is 108 cm³/mol. The molecule has 2 aromatic carbocycles. The minimum absolute atomic E-state index is 0.292. The van der Waals surface area contributed by atoms with Crippen LogP contribution >= 0.6 is 0 Å². The minimum Gasteiger partial charge on any atom is -0.306 e. The first kappa shape index (κ1) is 18.7. The van der Waals surface area contributed by atoms with Crippen molar-refractivity contribution < 1.29 is 0 Å². The molecule has 0 saturated heterocycles. The Balaban J connectivity index is 1.56. The Hall–Kier alpha value is -2.11. The summed E-state index contributed by atoms with van der Waals surface area (Å²) in [6.45, 7) is 2.12. The normalized spacial score (nSPS) is 16.7. The molecule has 0 bridgehead atoms. The second-order valence-electron chi connectivity index (χ2n) is 7.72. The maximum absolute atomic E-state index is 10.1. The highest BCUT2D eigenvalue weighted by Gasteiger charge is 2.43. The highest BCUT2D eigenvalue weighted by atomic mass is 15.1. The van der Waals surface area contributed by atoms with E-state index in [0.29, 0.717) is 5.92 Å². The summed E-state index contributed by atoms with van der Waals surface area (Å²) >= 11 is 0. The summed E-state index contributed by atoms with van der Waals surface area (Å²) in [5.41, 5.74) is 2.32. The topological polar surface area (TPSA) is 27.0 Å². The van der Waals surface area contributed by atoms with Gasteiger partial charge in [0, 0.05) is 6.54 Å². The Morgan fingerprint density at radius 3 is 2.23 bits per heavy atom. The molecule has 1 aliphatic carbocycles. The third-order valence-electron chi connectivity index (χ3n) is 6.03. The molecule has 0 aliphatic heterocycles. The van der Waals surface area contributed by atoms with Crippen LogP contribution in [0, 0.1) is 17.2 Å². The first-order valence-corrected chi connectivity index (χ1v) is 9.94. The van der Waals surface area contributed by atoms with Gasteiger partial charge in [0.1, 0.15) is 0 Å². The number of rotatable bonds is 9. The van der Waals surface area contributed by atoms with Crippen LogP contribution in [0.5, 0.6) is 0 Å². The molecule has 2 heteroatoms. The van der Waals surface area contributed by atoms with Crippen molar-refractivity contribution in [3.05, 3.63) is 71.8 Å². The second kappa shape index (κ2) is 9.01. The zero-order valence-electron chi connectivity index (χ0n) is 15.9. The van der Waals surface area contributed by atoms with Crippen LogP contribution in [0.4, 0.5) is 0 Å². The lowest BCUT2D eigenvalue weighted by Gasteiger charge is -2.41. The quantitative estimate of drug-likeness (QED) is 0.624. The molecule has 26 heavy (non-hydrogen) atoms. The predicted octanol–water partition coefficient (Wildman–Crippen LogP) is 5.20. The Morgan fingerprint density at radius 1 is 1.00 bits per heavy atom. The van der Waals surface area contributed by atoms with Gasteiger partial charge in [0.05, 0.1) is 11.5 Å². The van der Waals surface area contributed by atoms with E-state index in [1.54, 1.807) is 0 Å². The summed E-state index contributed by atoms with van der Waals surface area (Å²) in [6, 6.07) is 23.9. The molecular weight excluding hydrogens is 316 g/mol. The van der Waals surface area contributed by atoms with Crippen LogP contribution in [0.15, 0.2) is 60.7 Å². The van der Waals surface area contributed by atoms with E-state index in [1.807, 2.05) is 6.07 Å². The average Bonchev–Trinajstić information content (AvgIpc) is 2.65. The minimum atomic E-state index is -0.292. The fourth-order valence-corrected chi connectivity index (χ4v) is 4.14. The van der Waals surface area contributed by atoms with Crippen LogP contribution in [-0.2, 0) is 11.8 Å². The van der Waals surface area contributed by atoms with Crippen LogP contribution in [0.25, 0.3) is 0 Å². The van der Waals surface area contributed by atoms with Gasteiger partial charge in [-0.25, -0.2) is 0 Å². The van der Waals surface area contributed by atoms with Gasteiger partial charge >= 0.3 is 0 Å². The zero-order valence-corrected chi connectivity index (χ0v) is 15.9. The van der Waals surface area contributed by atoms with E-state index in [0.717, 1.165) is 32.4 Å². The molecular formula is C24H30N2. The molecule has 0 spiro atoms. The van der Waals surface area contributed by atoms with E-state index in [4.69, 9.17) is 0 Å². The molecule has 2 nitrogen and oxygen atoms in total. The van der Waals surface area contributed by atoms with Crippen molar-refractivity contribution in [2.75, 3.05) is 20.1 Å². The Morgan fingerprint density at radius 2 is 1.65 bits per heavy atom. The van der Waals surface area contributed by atoms with Gasteiger partial charge in [0.25, 0.3) is 0 Å². The SMILES string of the molecule is CN(CCCC(C#N)(c1ccccc1)C1CCC1)CCc1ccccc1. The lowest BCUT2D eigenvalue weighted by molar-refractivity contribution is 0.189. The molecule has 1 unspecified atom stereocenters. The molecule has 3 rings (SSSR count). The summed E-state index contributed by atoms with van der Waals surface area (Å²) in [4.78, 5) is 2.40. The van der Waals surface area contributed by atoms with Gasteiger partial charge in [-0.1, -0.05) is 67.1 Å². The zero-order chi connectivity index (χ0) is 18.2. The van der Waals surface area contributed by atoms with Gasteiger partial charge in [0.2, 0.25) is 0 Å². The van der Waals surface area contributed by atoms with Crippen LogP contribution in [0.1, 0.15) is 43.2 Å². The number of hydrogen-bond donors (Lipinski definition) is 0. The van der Waals surface area contributed by atoms with Crippen LogP contribution < -0.4 is 0 Å². The van der Waals surface area contributed by atoms with Gasteiger partial charge in [-0.05, 0) is 62.7 Å². The van der Waals surface area contributed by atoms with Crippen molar-refractivity contribution in [3.8, 4) is 6.07 Å². The van der Waals surface area contributed by atoms with Gasteiger partial charge in [-0.15, -0.1) is 0 Å². The Kier molecular flexibility index (Phi) is 6.47. The Bertz CT molecular complexity index is 700. The number of nitriles is 1. The van der Waals surface area contributed by atoms with Gasteiger partial charge < -0.3 is 4.90 Å². The summed E-state index contributed by atoms with van der Waals surface area (Å²) in [7, 11) is 2.20. The van der Waals surface area contributed by atoms with Crippen molar-refractivity contribution in [1.82, 2.24) is 4.90 Å². The van der Waals surface area contributed by atoms with Crippen LogP contribution in [0.3, 0.4) is 0 Å². The molecule has 0 N–H and O–H groups in total. The molecule has 136 valence electrons. The van der Waals surface area contributed by atoms with Crippen molar-refractivity contribution in [3.63, 3.8) is 0 Å². The standard InChI is InChI=1S/C24H30N2/c1-26(19-16-21-10-4-2-5-11-21)18-9-17-24(20-25,23-14-8-15-23)22-12-6-3-7-13-22/h2-7,10-13,23H,8-9,14-19H2,1H3. The number of hydrogen-bond acceptors (Lipinski definition) is 2. The van der Waals surface area contributed by atoms with Crippen molar-refractivity contribution in [2.24, 2.45) is 5.92 Å². The fraction of sp³-hybridized carbons (Fsp3) is 0.458. The lowest BCUT2D eigenvalue weighted by atomic mass is 9.61. The van der Waals surface area contributed by atoms with E-state index >= 15 is 0 Å². The second-order valence-corrected chi connectivity index (χ2v) is 7.72. The molecule has 1 fully saturated rings. The largest absolute Gasteiger partial charge is 0.306 e. The molecule has 2 aromatic rings. The van der Waals surface area contributed by atoms with Crippen molar-refractivity contribution in [1.29, 1.82) is 5.26 Å². The van der Waals surface area contributed by atoms with E-state index in [9.17, 15) is 5.26 Å². The van der Waals surface area contributed by atoms with Crippen molar-refractivity contribution >= 4 is 0 Å². The summed E-state index contributed by atoms with van der Waals surface area (Å²) in [6.07, 6.45) is 6.80. The maximum Gasteiger partial charge on any atom is 0.0850 e. The summed E-state index contributed by atoms with van der Waals surface area (Å²) in [5, 5.41) is 10.1. The van der Waals surface area contributed by atoms with Gasteiger partial charge in [0.15, 0.2) is 0 Å². The summed E-state index contributed by atoms with van der Waals surface area (Å²) < 4.78 is 0. The van der Waals surface area contributed by atoms with Crippen LogP contribution in [-0.4, -0.2) is 25.0 Å². The highest BCUT2D eigenvalue weighted by Crippen LogP contribution is 2.46. The van der Waals surface area contributed by atoms with E-state index < -0.39 is 0 Å². The van der Waals surface area contributed by atoms with Gasteiger partial charge in [-0.3, -0.25) is 0 Å². The highest BCUT2D eigenvalue weighted by molar-refractivity contribution is 5.34. The first-order valence-electron chi connectivity index (χ1n) is 9.94. The maximum atomic E-state index is 10.1. The molecule has 0 aromatic heterocycles. The molecule has 1 aliphatic rings. The first-order chi connectivity index (χ1) is 12.7. The van der Waals surface area contributed by atoms with E-state index in [1.165, 1.54) is 30.4 Å². The van der Waals surface area contributed by atoms with E-state index in [2.05, 4.69) is 72.6 Å². The number of likely N-dealkylation sites (N-methyl/N-ethyl adjacent to an activating group) is 1. The third-order valence-corrected chi connectivity index (χ3v) is 6.03. The molecule has 0 heterocycles. The monoisotopic (exact) mass is 346 g/mol.